The molecule has 1 atom stereocenters. The standard InChI is InChI=1S/C40H34ClNO4/c1-2-15-30(42-39(44)45-27-35-33-22-11-9-20-31(33)32-21-10-12-23-34(32)35)26-38(43)46-40(28-16-5-3-6-17-28,29-18-7-4-8-19-29)36-24-13-14-25-37(36)41/h2-14,16-25,30,35H,1,15,26-27H2,(H,42,44). The van der Waals surface area contributed by atoms with E-state index in [1.807, 2.05) is 103 Å². The second-order valence-electron chi connectivity index (χ2n) is 11.3. The van der Waals surface area contributed by atoms with Crippen molar-refractivity contribution in [1.82, 2.24) is 5.32 Å². The summed E-state index contributed by atoms with van der Waals surface area (Å²) in [5.41, 5.74) is 5.34. The first kappa shape index (κ1) is 30.9. The second-order valence-corrected chi connectivity index (χ2v) is 11.7. The third-order valence-corrected chi connectivity index (χ3v) is 8.74. The number of nitrogens with one attached hydrogen (secondary N) is 1. The maximum absolute atomic E-state index is 13.9. The third-order valence-electron chi connectivity index (χ3n) is 8.41. The van der Waals surface area contributed by atoms with E-state index in [2.05, 4.69) is 36.2 Å². The lowest BCUT2D eigenvalue weighted by Crippen LogP contribution is -2.40. The fraction of sp³-hybridized carbons (Fsp3) is 0.150. The van der Waals surface area contributed by atoms with Crippen molar-refractivity contribution in [1.29, 1.82) is 0 Å². The highest BCUT2D eigenvalue weighted by atomic mass is 35.5. The lowest BCUT2D eigenvalue weighted by atomic mass is 9.80. The molecule has 5 aromatic rings. The first-order valence-corrected chi connectivity index (χ1v) is 15.7. The van der Waals surface area contributed by atoms with Crippen LogP contribution in [0.4, 0.5) is 4.79 Å². The van der Waals surface area contributed by atoms with Crippen LogP contribution in [0.5, 0.6) is 0 Å². The number of carbonyl (C=O) groups is 2. The summed E-state index contributed by atoms with van der Waals surface area (Å²) in [5.74, 6) is -0.590. The average Bonchev–Trinajstić information content (AvgIpc) is 3.41. The second kappa shape index (κ2) is 13.9. The molecule has 0 bridgehead atoms. The average molecular weight is 628 g/mol. The molecule has 46 heavy (non-hydrogen) atoms. The van der Waals surface area contributed by atoms with E-state index in [9.17, 15) is 9.59 Å². The molecule has 0 aromatic heterocycles. The molecule has 0 heterocycles. The van der Waals surface area contributed by atoms with Gasteiger partial charge in [0.25, 0.3) is 0 Å². The van der Waals surface area contributed by atoms with Crippen LogP contribution in [0.2, 0.25) is 5.02 Å². The summed E-state index contributed by atoms with van der Waals surface area (Å²) in [6, 6.07) is 42.2. The van der Waals surface area contributed by atoms with Gasteiger partial charge < -0.3 is 14.8 Å². The number of amides is 1. The molecule has 0 radical (unpaired) electrons. The molecular formula is C40H34ClNO4. The number of carbonyl (C=O) groups excluding carboxylic acids is 2. The van der Waals surface area contributed by atoms with Gasteiger partial charge in [0.15, 0.2) is 5.60 Å². The van der Waals surface area contributed by atoms with Crippen molar-refractivity contribution in [3.05, 3.63) is 179 Å². The van der Waals surface area contributed by atoms with Crippen LogP contribution >= 0.6 is 11.6 Å². The predicted molar refractivity (Wildman–Crippen MR) is 182 cm³/mol. The smallest absolute Gasteiger partial charge is 0.407 e. The number of esters is 1. The van der Waals surface area contributed by atoms with Crippen molar-refractivity contribution in [3.8, 4) is 11.1 Å². The Hall–Kier alpha value is -5.13. The van der Waals surface area contributed by atoms with Crippen molar-refractivity contribution < 1.29 is 19.1 Å². The fourth-order valence-electron chi connectivity index (χ4n) is 6.36. The Morgan fingerprint density at radius 2 is 1.28 bits per heavy atom. The SMILES string of the molecule is C=CCC(CC(=O)OC(c1ccccc1)(c1ccccc1)c1ccccc1Cl)NC(=O)OCC1c2ccccc2-c2ccccc21. The van der Waals surface area contributed by atoms with Crippen LogP contribution in [0.3, 0.4) is 0 Å². The van der Waals surface area contributed by atoms with Gasteiger partial charge >= 0.3 is 12.1 Å². The summed E-state index contributed by atoms with van der Waals surface area (Å²) in [5, 5.41) is 3.34. The van der Waals surface area contributed by atoms with Gasteiger partial charge in [0.1, 0.15) is 6.61 Å². The van der Waals surface area contributed by atoms with Gasteiger partial charge in [-0.3, -0.25) is 4.79 Å². The van der Waals surface area contributed by atoms with Gasteiger partial charge in [-0.2, -0.15) is 0 Å². The Morgan fingerprint density at radius 1 is 0.761 bits per heavy atom. The van der Waals surface area contributed by atoms with Gasteiger partial charge in [0, 0.05) is 33.7 Å². The van der Waals surface area contributed by atoms with Crippen LogP contribution in [0.25, 0.3) is 11.1 Å². The Balaban J connectivity index is 1.22. The van der Waals surface area contributed by atoms with Gasteiger partial charge in [0.2, 0.25) is 0 Å². The summed E-state index contributed by atoms with van der Waals surface area (Å²) in [7, 11) is 0. The maximum Gasteiger partial charge on any atom is 0.407 e. The van der Waals surface area contributed by atoms with E-state index in [-0.39, 0.29) is 18.9 Å². The summed E-state index contributed by atoms with van der Waals surface area (Å²) >= 11 is 6.79. The zero-order valence-corrected chi connectivity index (χ0v) is 26.0. The van der Waals surface area contributed by atoms with Crippen molar-refractivity contribution in [2.24, 2.45) is 0 Å². The number of hydrogen-bond acceptors (Lipinski definition) is 4. The zero-order chi connectivity index (χ0) is 31.9. The summed E-state index contributed by atoms with van der Waals surface area (Å²) in [6.07, 6.45) is 1.29. The van der Waals surface area contributed by atoms with Gasteiger partial charge in [-0.25, -0.2) is 4.79 Å². The van der Waals surface area contributed by atoms with Crippen molar-refractivity contribution in [2.75, 3.05) is 6.61 Å². The van der Waals surface area contributed by atoms with Gasteiger partial charge in [-0.15, -0.1) is 6.58 Å². The lowest BCUT2D eigenvalue weighted by molar-refractivity contribution is -0.154. The van der Waals surface area contributed by atoms with Crippen LogP contribution < -0.4 is 5.32 Å². The van der Waals surface area contributed by atoms with E-state index in [1.165, 1.54) is 0 Å². The Labute approximate surface area is 274 Å². The molecule has 0 spiro atoms. The molecule has 5 nitrogen and oxygen atoms in total. The topological polar surface area (TPSA) is 64.6 Å². The summed E-state index contributed by atoms with van der Waals surface area (Å²) in [6.45, 7) is 4.01. The first-order valence-electron chi connectivity index (χ1n) is 15.3. The molecule has 0 fully saturated rings. The van der Waals surface area contributed by atoms with Crippen LogP contribution in [-0.2, 0) is 19.9 Å². The highest BCUT2D eigenvalue weighted by molar-refractivity contribution is 6.31. The predicted octanol–water partition coefficient (Wildman–Crippen LogP) is 9.05. The Bertz CT molecular complexity index is 1750. The zero-order valence-electron chi connectivity index (χ0n) is 25.3. The molecule has 5 aromatic carbocycles. The van der Waals surface area contributed by atoms with E-state index in [0.29, 0.717) is 17.0 Å². The molecule has 1 unspecified atom stereocenters. The molecule has 1 amide bonds. The fourth-order valence-corrected chi connectivity index (χ4v) is 6.63. The number of benzene rings is 5. The Kier molecular flexibility index (Phi) is 9.32. The minimum Gasteiger partial charge on any atom is -0.449 e. The maximum atomic E-state index is 13.9. The van der Waals surface area contributed by atoms with Crippen LogP contribution in [0, 0.1) is 0 Å². The van der Waals surface area contributed by atoms with Crippen LogP contribution in [-0.4, -0.2) is 24.7 Å². The summed E-state index contributed by atoms with van der Waals surface area (Å²) < 4.78 is 12.3. The van der Waals surface area contributed by atoms with E-state index in [0.717, 1.165) is 33.4 Å². The Morgan fingerprint density at radius 3 is 1.85 bits per heavy atom. The van der Waals surface area contributed by atoms with Gasteiger partial charge in [-0.1, -0.05) is 145 Å². The normalized spacial score (nSPS) is 12.8. The molecule has 230 valence electrons. The number of halogens is 1. The molecule has 6 rings (SSSR count). The van der Waals surface area contributed by atoms with Crippen molar-refractivity contribution >= 4 is 23.7 Å². The monoisotopic (exact) mass is 627 g/mol. The van der Waals surface area contributed by atoms with E-state index in [4.69, 9.17) is 21.1 Å². The number of ether oxygens (including phenoxy) is 2. The van der Waals surface area contributed by atoms with Gasteiger partial charge in [-0.05, 0) is 34.7 Å². The van der Waals surface area contributed by atoms with Crippen molar-refractivity contribution in [3.63, 3.8) is 0 Å². The highest BCUT2D eigenvalue weighted by Crippen LogP contribution is 2.45. The molecule has 1 aliphatic carbocycles. The molecule has 1 N–H and O–H groups in total. The van der Waals surface area contributed by atoms with Crippen LogP contribution in [0.15, 0.2) is 146 Å². The third kappa shape index (κ3) is 6.19. The molecule has 0 saturated heterocycles. The van der Waals surface area contributed by atoms with E-state index in [1.54, 1.807) is 12.1 Å². The molecular weight excluding hydrogens is 594 g/mol. The minimum atomic E-state index is -1.33. The number of fused-ring (bicyclic) bond motifs is 3. The molecule has 1 aliphatic rings. The quantitative estimate of drug-likeness (QED) is 0.0901. The lowest BCUT2D eigenvalue weighted by Gasteiger charge is -2.36. The number of hydrogen-bond donors (Lipinski definition) is 1. The largest absolute Gasteiger partial charge is 0.449 e. The number of rotatable bonds is 11. The molecule has 0 saturated carbocycles. The van der Waals surface area contributed by atoms with Crippen molar-refractivity contribution in [2.45, 2.75) is 30.4 Å². The number of alkyl carbamates (subject to hydrolysis) is 1. The first-order chi connectivity index (χ1) is 22.5. The van der Waals surface area contributed by atoms with Crippen LogP contribution in [0.1, 0.15) is 46.6 Å². The minimum absolute atomic E-state index is 0.0750. The summed E-state index contributed by atoms with van der Waals surface area (Å²) in [4.78, 5) is 27.1. The molecule has 6 heteroatoms. The highest BCUT2D eigenvalue weighted by Gasteiger charge is 2.42. The van der Waals surface area contributed by atoms with Gasteiger partial charge in [0.05, 0.1) is 6.42 Å². The molecule has 0 aliphatic heterocycles. The van der Waals surface area contributed by atoms with E-state index < -0.39 is 23.7 Å². The van der Waals surface area contributed by atoms with E-state index >= 15 is 0 Å².